The maximum Gasteiger partial charge on any atom is 0.123 e. The summed E-state index contributed by atoms with van der Waals surface area (Å²) in [5.74, 6) is 0.632. The monoisotopic (exact) mass is 237 g/mol. The van der Waals surface area contributed by atoms with Crippen molar-refractivity contribution >= 4 is 0 Å². The number of nitrogens with two attached hydrogens (primary N) is 1. The quantitative estimate of drug-likeness (QED) is 0.772. The number of hydrogen-bond acceptors (Lipinski definition) is 2. The molecule has 1 aromatic rings. The molecular weight excluding hydrogens is 217 g/mol. The van der Waals surface area contributed by atoms with Gasteiger partial charge in [0.05, 0.1) is 6.61 Å². The van der Waals surface area contributed by atoms with Crippen LogP contribution in [0.5, 0.6) is 0 Å². The standard InChI is InChI=1S/C14H20FNO/c15-14-7-12(9-16)6-13(8-14)10-17-5-4-11-2-1-3-11/h6-8,11H,1-5,9-10,16H2. The van der Waals surface area contributed by atoms with Gasteiger partial charge in [-0.15, -0.1) is 0 Å². The van der Waals surface area contributed by atoms with Crippen LogP contribution in [0.1, 0.15) is 36.8 Å². The molecule has 17 heavy (non-hydrogen) atoms. The Morgan fingerprint density at radius 1 is 1.24 bits per heavy atom. The molecule has 2 nitrogen and oxygen atoms in total. The van der Waals surface area contributed by atoms with Crippen LogP contribution < -0.4 is 5.73 Å². The molecule has 0 spiro atoms. The third-order valence-corrected chi connectivity index (χ3v) is 3.42. The Balaban J connectivity index is 1.75. The van der Waals surface area contributed by atoms with E-state index in [2.05, 4.69) is 0 Å². The minimum absolute atomic E-state index is 0.231. The summed E-state index contributed by atoms with van der Waals surface area (Å²) in [5.41, 5.74) is 7.20. The molecule has 0 heterocycles. The number of ether oxygens (including phenoxy) is 1. The first kappa shape index (κ1) is 12.5. The van der Waals surface area contributed by atoms with Crippen molar-refractivity contribution in [1.29, 1.82) is 0 Å². The first-order valence-corrected chi connectivity index (χ1v) is 6.34. The average molecular weight is 237 g/mol. The summed E-state index contributed by atoms with van der Waals surface area (Å²) in [5, 5.41) is 0. The van der Waals surface area contributed by atoms with E-state index in [0.717, 1.165) is 30.1 Å². The third-order valence-electron chi connectivity index (χ3n) is 3.42. The topological polar surface area (TPSA) is 35.2 Å². The molecule has 0 atom stereocenters. The molecule has 94 valence electrons. The summed E-state index contributed by atoms with van der Waals surface area (Å²) < 4.78 is 18.8. The molecule has 1 fully saturated rings. The largest absolute Gasteiger partial charge is 0.377 e. The van der Waals surface area contributed by atoms with Gasteiger partial charge in [0.15, 0.2) is 0 Å². The van der Waals surface area contributed by atoms with E-state index in [1.807, 2.05) is 6.07 Å². The van der Waals surface area contributed by atoms with Gasteiger partial charge in [-0.3, -0.25) is 0 Å². The van der Waals surface area contributed by atoms with Crippen molar-refractivity contribution < 1.29 is 9.13 Å². The maximum atomic E-state index is 13.2. The molecule has 0 radical (unpaired) electrons. The molecule has 0 bridgehead atoms. The Bertz CT molecular complexity index is 363. The summed E-state index contributed by atoms with van der Waals surface area (Å²) in [6, 6.07) is 4.90. The second-order valence-corrected chi connectivity index (χ2v) is 4.81. The Morgan fingerprint density at radius 3 is 2.65 bits per heavy atom. The Labute approximate surface area is 102 Å². The van der Waals surface area contributed by atoms with E-state index in [1.54, 1.807) is 0 Å². The second-order valence-electron chi connectivity index (χ2n) is 4.81. The number of rotatable bonds is 6. The van der Waals surface area contributed by atoms with Gasteiger partial charge in [-0.1, -0.05) is 25.3 Å². The van der Waals surface area contributed by atoms with Gasteiger partial charge < -0.3 is 10.5 Å². The predicted molar refractivity (Wildman–Crippen MR) is 65.9 cm³/mol. The number of hydrogen-bond donors (Lipinski definition) is 1. The maximum absolute atomic E-state index is 13.2. The van der Waals surface area contributed by atoms with Crippen molar-refractivity contribution in [3.8, 4) is 0 Å². The minimum Gasteiger partial charge on any atom is -0.377 e. The summed E-state index contributed by atoms with van der Waals surface area (Å²) in [6.45, 7) is 1.63. The van der Waals surface area contributed by atoms with Gasteiger partial charge in [-0.05, 0) is 35.6 Å². The number of halogens is 1. The van der Waals surface area contributed by atoms with E-state index in [9.17, 15) is 4.39 Å². The van der Waals surface area contributed by atoms with E-state index in [1.165, 1.54) is 31.4 Å². The van der Waals surface area contributed by atoms with E-state index in [0.29, 0.717) is 13.2 Å². The van der Waals surface area contributed by atoms with Crippen LogP contribution in [-0.2, 0) is 17.9 Å². The smallest absolute Gasteiger partial charge is 0.123 e. The molecule has 1 saturated carbocycles. The van der Waals surface area contributed by atoms with Gasteiger partial charge in [0.1, 0.15) is 5.82 Å². The zero-order valence-electron chi connectivity index (χ0n) is 10.1. The molecule has 1 aromatic carbocycles. The van der Waals surface area contributed by atoms with Crippen LogP contribution in [0.2, 0.25) is 0 Å². The molecule has 0 unspecified atom stereocenters. The third kappa shape index (κ3) is 3.79. The minimum atomic E-state index is -0.231. The second kappa shape index (κ2) is 6.12. The molecule has 1 aliphatic rings. The molecule has 0 saturated heterocycles. The van der Waals surface area contributed by atoms with Crippen LogP contribution >= 0.6 is 0 Å². The van der Waals surface area contributed by atoms with Gasteiger partial charge >= 0.3 is 0 Å². The predicted octanol–water partition coefficient (Wildman–Crippen LogP) is 2.99. The van der Waals surface area contributed by atoms with E-state index in [4.69, 9.17) is 10.5 Å². The van der Waals surface area contributed by atoms with Crippen LogP contribution in [0.4, 0.5) is 4.39 Å². The van der Waals surface area contributed by atoms with E-state index >= 15 is 0 Å². The number of benzene rings is 1. The normalized spacial score (nSPS) is 15.9. The lowest BCUT2D eigenvalue weighted by molar-refractivity contribution is 0.0948. The van der Waals surface area contributed by atoms with Crippen molar-refractivity contribution in [3.63, 3.8) is 0 Å². The van der Waals surface area contributed by atoms with Crippen LogP contribution in [-0.4, -0.2) is 6.61 Å². The van der Waals surface area contributed by atoms with Gasteiger partial charge in [0.25, 0.3) is 0 Å². The summed E-state index contributed by atoms with van der Waals surface area (Å²) in [4.78, 5) is 0. The first-order chi connectivity index (χ1) is 8.28. The van der Waals surface area contributed by atoms with Crippen molar-refractivity contribution in [3.05, 3.63) is 35.1 Å². The van der Waals surface area contributed by atoms with Crippen molar-refractivity contribution in [1.82, 2.24) is 0 Å². The van der Waals surface area contributed by atoms with Gasteiger partial charge in [0, 0.05) is 13.2 Å². The highest BCUT2D eigenvalue weighted by atomic mass is 19.1. The lowest BCUT2D eigenvalue weighted by Crippen LogP contribution is -2.13. The van der Waals surface area contributed by atoms with Crippen molar-refractivity contribution in [2.24, 2.45) is 11.7 Å². The summed E-state index contributed by atoms with van der Waals surface area (Å²) in [7, 11) is 0. The highest BCUT2D eigenvalue weighted by molar-refractivity contribution is 5.24. The van der Waals surface area contributed by atoms with Crippen molar-refractivity contribution in [2.45, 2.75) is 38.8 Å². The fourth-order valence-corrected chi connectivity index (χ4v) is 2.14. The van der Waals surface area contributed by atoms with Crippen LogP contribution in [0, 0.1) is 11.7 Å². The van der Waals surface area contributed by atoms with E-state index < -0.39 is 0 Å². The fourth-order valence-electron chi connectivity index (χ4n) is 2.14. The lowest BCUT2D eigenvalue weighted by atomic mass is 9.83. The molecular formula is C14H20FNO. The van der Waals surface area contributed by atoms with Crippen LogP contribution in [0.25, 0.3) is 0 Å². The molecule has 0 amide bonds. The summed E-state index contributed by atoms with van der Waals surface area (Å²) in [6.07, 6.45) is 5.20. The SMILES string of the molecule is NCc1cc(F)cc(COCCC2CCC2)c1. The lowest BCUT2D eigenvalue weighted by Gasteiger charge is -2.24. The van der Waals surface area contributed by atoms with Crippen molar-refractivity contribution in [2.75, 3.05) is 6.61 Å². The Hall–Kier alpha value is -0.930. The van der Waals surface area contributed by atoms with Gasteiger partial charge in [0.2, 0.25) is 0 Å². The summed E-state index contributed by atoms with van der Waals surface area (Å²) >= 11 is 0. The Morgan fingerprint density at radius 2 is 2.00 bits per heavy atom. The highest BCUT2D eigenvalue weighted by Crippen LogP contribution is 2.29. The highest BCUT2D eigenvalue weighted by Gasteiger charge is 2.16. The van der Waals surface area contributed by atoms with Crippen LogP contribution in [0.3, 0.4) is 0 Å². The zero-order chi connectivity index (χ0) is 12.1. The molecule has 0 aliphatic heterocycles. The molecule has 0 aromatic heterocycles. The molecule has 3 heteroatoms. The first-order valence-electron chi connectivity index (χ1n) is 6.34. The Kier molecular flexibility index (Phi) is 4.51. The average Bonchev–Trinajstić information content (AvgIpc) is 2.25. The molecule has 2 rings (SSSR count). The molecule has 1 aliphatic carbocycles. The fraction of sp³-hybridized carbons (Fsp3) is 0.571. The zero-order valence-corrected chi connectivity index (χ0v) is 10.1. The van der Waals surface area contributed by atoms with E-state index in [-0.39, 0.29) is 5.82 Å². The van der Waals surface area contributed by atoms with Crippen LogP contribution in [0.15, 0.2) is 18.2 Å². The molecule has 2 N–H and O–H groups in total. The van der Waals surface area contributed by atoms with Gasteiger partial charge in [-0.2, -0.15) is 0 Å². The van der Waals surface area contributed by atoms with Gasteiger partial charge in [-0.25, -0.2) is 4.39 Å².